The summed E-state index contributed by atoms with van der Waals surface area (Å²) in [6.45, 7) is 2.61. The third kappa shape index (κ3) is 4.82. The van der Waals surface area contributed by atoms with Gasteiger partial charge in [0.2, 0.25) is 5.82 Å². The number of halogens is 1. The topological polar surface area (TPSA) is 124 Å². The van der Waals surface area contributed by atoms with E-state index in [0.29, 0.717) is 28.7 Å². The van der Waals surface area contributed by atoms with Crippen molar-refractivity contribution in [1.82, 2.24) is 30.0 Å². The van der Waals surface area contributed by atoms with Crippen LogP contribution in [0, 0.1) is 5.82 Å². The Kier molecular flexibility index (Phi) is 6.72. The zero-order chi connectivity index (χ0) is 25.1. The number of nitrogens with one attached hydrogen (secondary N) is 1. The van der Waals surface area contributed by atoms with Gasteiger partial charge in [-0.2, -0.15) is 0 Å². The number of carbonyl (C=O) groups excluding carboxylic acids is 1. The number of rotatable bonds is 8. The molecule has 0 atom stereocenters. The summed E-state index contributed by atoms with van der Waals surface area (Å²) in [6.07, 6.45) is 5.64. The van der Waals surface area contributed by atoms with E-state index in [0.717, 1.165) is 24.5 Å². The lowest BCUT2D eigenvalue weighted by Gasteiger charge is -2.16. The molecule has 1 saturated heterocycles. The first-order chi connectivity index (χ1) is 17.5. The van der Waals surface area contributed by atoms with E-state index in [1.54, 1.807) is 30.0 Å². The Morgan fingerprint density at radius 3 is 2.72 bits per heavy atom. The number of amides is 1. The van der Waals surface area contributed by atoms with Crippen molar-refractivity contribution >= 4 is 28.3 Å². The van der Waals surface area contributed by atoms with E-state index in [2.05, 4.69) is 30.3 Å². The van der Waals surface area contributed by atoms with Crippen molar-refractivity contribution in [2.45, 2.75) is 32.5 Å². The normalized spacial score (nSPS) is 13.4. The number of hydrogen-bond acceptors (Lipinski definition) is 8. The maximum Gasteiger partial charge on any atom is 0.291 e. The van der Waals surface area contributed by atoms with Gasteiger partial charge in [-0.25, -0.2) is 24.0 Å². The molecule has 4 heterocycles. The minimum Gasteiger partial charge on any atom is -0.383 e. The SMILES string of the molecule is COCc1nc(C(=O)NCc2ccc3c(N)nccc3c2F)nn1Cc1ccc(N2CCCC2)nc1. The van der Waals surface area contributed by atoms with Gasteiger partial charge in [0.25, 0.3) is 5.91 Å². The van der Waals surface area contributed by atoms with Crippen molar-refractivity contribution < 1.29 is 13.9 Å². The van der Waals surface area contributed by atoms with Crippen molar-refractivity contribution in [3.8, 4) is 0 Å². The Morgan fingerprint density at radius 1 is 1.14 bits per heavy atom. The first-order valence-electron chi connectivity index (χ1n) is 11.8. The number of carbonyl (C=O) groups is 1. The van der Waals surface area contributed by atoms with Gasteiger partial charge in [-0.15, -0.1) is 5.10 Å². The predicted octanol–water partition coefficient (Wildman–Crippen LogP) is 2.67. The van der Waals surface area contributed by atoms with Crippen LogP contribution in [0.25, 0.3) is 10.8 Å². The first kappa shape index (κ1) is 23.6. The monoisotopic (exact) mass is 490 g/mol. The average Bonchev–Trinajstić information content (AvgIpc) is 3.56. The van der Waals surface area contributed by atoms with Gasteiger partial charge in [0.15, 0.2) is 5.82 Å². The van der Waals surface area contributed by atoms with E-state index in [1.807, 2.05) is 18.3 Å². The number of nitrogens with zero attached hydrogens (tertiary/aromatic N) is 6. The van der Waals surface area contributed by atoms with Crippen molar-refractivity contribution in [3.05, 3.63) is 71.3 Å². The van der Waals surface area contributed by atoms with Crippen LogP contribution >= 0.6 is 0 Å². The molecule has 5 rings (SSSR count). The van der Waals surface area contributed by atoms with E-state index in [4.69, 9.17) is 10.5 Å². The van der Waals surface area contributed by atoms with Gasteiger partial charge < -0.3 is 20.7 Å². The highest BCUT2D eigenvalue weighted by Gasteiger charge is 2.19. The Labute approximate surface area is 207 Å². The van der Waals surface area contributed by atoms with Crippen LogP contribution in [0.1, 0.15) is 40.4 Å². The number of hydrogen-bond donors (Lipinski definition) is 2. The van der Waals surface area contributed by atoms with E-state index >= 15 is 0 Å². The van der Waals surface area contributed by atoms with Crippen molar-refractivity contribution in [2.24, 2.45) is 0 Å². The van der Waals surface area contributed by atoms with E-state index < -0.39 is 11.7 Å². The Hall–Kier alpha value is -4.12. The van der Waals surface area contributed by atoms with Crippen LogP contribution in [0.15, 0.2) is 42.7 Å². The minimum atomic E-state index is -0.512. The van der Waals surface area contributed by atoms with Gasteiger partial charge in [0.1, 0.15) is 24.1 Å². The maximum absolute atomic E-state index is 14.9. The van der Waals surface area contributed by atoms with E-state index in [1.165, 1.54) is 19.0 Å². The van der Waals surface area contributed by atoms with Gasteiger partial charge in [-0.05, 0) is 30.5 Å². The number of anilines is 2. The molecular weight excluding hydrogens is 463 g/mol. The Bertz CT molecular complexity index is 1380. The van der Waals surface area contributed by atoms with Gasteiger partial charge in [-0.3, -0.25) is 4.79 Å². The third-order valence-corrected chi connectivity index (χ3v) is 6.23. The summed E-state index contributed by atoms with van der Waals surface area (Å²) in [4.78, 5) is 28.0. The average molecular weight is 491 g/mol. The second-order valence-corrected chi connectivity index (χ2v) is 8.67. The highest BCUT2D eigenvalue weighted by Crippen LogP contribution is 2.24. The number of nitrogens with two attached hydrogens (primary N) is 1. The molecule has 11 heteroatoms. The van der Waals surface area contributed by atoms with Crippen molar-refractivity contribution in [3.63, 3.8) is 0 Å². The lowest BCUT2D eigenvalue weighted by atomic mass is 10.1. The van der Waals surface area contributed by atoms with Crippen LogP contribution in [0.4, 0.5) is 16.0 Å². The molecule has 1 aromatic carbocycles. The lowest BCUT2D eigenvalue weighted by molar-refractivity contribution is 0.0939. The quantitative estimate of drug-likeness (QED) is 0.386. The molecular formula is C25H27FN8O2. The standard InChI is InChI=1S/C25H27FN8O2/c1-36-15-21-31-24(32-34(21)14-16-4-7-20(29-12-16)33-10-2-3-11-33)25(35)30-13-17-5-6-19-18(22(17)26)8-9-28-23(19)27/h4-9,12H,2-3,10-11,13-15H2,1H3,(H2,27,28)(H,30,35). The molecule has 1 aliphatic rings. The number of pyridine rings is 2. The molecule has 0 saturated carbocycles. The number of aromatic nitrogens is 5. The van der Waals surface area contributed by atoms with Crippen molar-refractivity contribution in [1.29, 1.82) is 0 Å². The second-order valence-electron chi connectivity index (χ2n) is 8.67. The molecule has 4 aromatic rings. The lowest BCUT2D eigenvalue weighted by Crippen LogP contribution is -2.24. The fraction of sp³-hybridized carbons (Fsp3) is 0.320. The number of ether oxygens (including phenoxy) is 1. The summed E-state index contributed by atoms with van der Waals surface area (Å²) in [5, 5.41) is 7.95. The highest BCUT2D eigenvalue weighted by atomic mass is 19.1. The molecule has 0 spiro atoms. The van der Waals surface area contributed by atoms with E-state index in [9.17, 15) is 9.18 Å². The van der Waals surface area contributed by atoms with Crippen LogP contribution in [-0.2, 0) is 24.4 Å². The summed E-state index contributed by atoms with van der Waals surface area (Å²) in [5.74, 6) is 0.743. The summed E-state index contributed by atoms with van der Waals surface area (Å²) in [6, 6.07) is 8.83. The maximum atomic E-state index is 14.9. The van der Waals surface area contributed by atoms with Crippen LogP contribution < -0.4 is 16.0 Å². The molecule has 3 aromatic heterocycles. The van der Waals surface area contributed by atoms with Crippen LogP contribution in [-0.4, -0.2) is 50.8 Å². The van der Waals surface area contributed by atoms with Gasteiger partial charge in [-0.1, -0.05) is 18.2 Å². The molecule has 0 bridgehead atoms. The Balaban J connectivity index is 1.29. The molecule has 0 aliphatic carbocycles. The number of nitrogen functional groups attached to an aromatic ring is 1. The summed E-state index contributed by atoms with van der Waals surface area (Å²) >= 11 is 0. The minimum absolute atomic E-state index is 0.0154. The zero-order valence-corrected chi connectivity index (χ0v) is 19.9. The fourth-order valence-electron chi connectivity index (χ4n) is 4.33. The van der Waals surface area contributed by atoms with Crippen LogP contribution in [0.2, 0.25) is 0 Å². The van der Waals surface area contributed by atoms with Crippen LogP contribution in [0.3, 0.4) is 0 Å². The third-order valence-electron chi connectivity index (χ3n) is 6.23. The predicted molar refractivity (Wildman–Crippen MR) is 133 cm³/mol. The number of benzene rings is 1. The number of fused-ring (bicyclic) bond motifs is 1. The number of methoxy groups -OCH3 is 1. The molecule has 1 amide bonds. The molecule has 10 nitrogen and oxygen atoms in total. The summed E-state index contributed by atoms with van der Waals surface area (Å²) in [5.41, 5.74) is 7.07. The Morgan fingerprint density at radius 2 is 1.97 bits per heavy atom. The molecule has 3 N–H and O–H groups in total. The van der Waals surface area contributed by atoms with E-state index in [-0.39, 0.29) is 24.8 Å². The van der Waals surface area contributed by atoms with Crippen molar-refractivity contribution in [2.75, 3.05) is 30.8 Å². The van der Waals surface area contributed by atoms with Crippen LogP contribution in [0.5, 0.6) is 0 Å². The molecule has 0 radical (unpaired) electrons. The second kappa shape index (κ2) is 10.2. The fourth-order valence-corrected chi connectivity index (χ4v) is 4.33. The molecule has 1 aliphatic heterocycles. The summed E-state index contributed by atoms with van der Waals surface area (Å²) in [7, 11) is 1.55. The molecule has 1 fully saturated rings. The van der Waals surface area contributed by atoms with Gasteiger partial charge in [0.05, 0.1) is 6.54 Å². The molecule has 186 valence electrons. The smallest absolute Gasteiger partial charge is 0.291 e. The first-order valence-corrected chi connectivity index (χ1v) is 11.8. The summed E-state index contributed by atoms with van der Waals surface area (Å²) < 4.78 is 21.8. The highest BCUT2D eigenvalue weighted by molar-refractivity contribution is 5.92. The largest absolute Gasteiger partial charge is 0.383 e. The molecule has 0 unspecified atom stereocenters. The molecule has 36 heavy (non-hydrogen) atoms. The van der Waals surface area contributed by atoms with Gasteiger partial charge in [0, 0.05) is 55.5 Å². The van der Waals surface area contributed by atoms with Gasteiger partial charge >= 0.3 is 0 Å². The zero-order valence-electron chi connectivity index (χ0n) is 19.9.